The van der Waals surface area contributed by atoms with E-state index in [2.05, 4.69) is 49.5 Å². The van der Waals surface area contributed by atoms with Crippen molar-refractivity contribution in [3.8, 4) is 0 Å². The number of aldehydes is 1. The second-order valence-corrected chi connectivity index (χ2v) is 9.04. The predicted molar refractivity (Wildman–Crippen MR) is 109 cm³/mol. The van der Waals surface area contributed by atoms with Gasteiger partial charge in [0.1, 0.15) is 18.9 Å². The zero-order chi connectivity index (χ0) is 18.6. The van der Waals surface area contributed by atoms with Gasteiger partial charge in [0.05, 0.1) is 18.5 Å². The van der Waals surface area contributed by atoms with Gasteiger partial charge in [-0.05, 0) is 37.0 Å². The smallest absolute Gasteiger partial charge is 0.148 e. The highest BCUT2D eigenvalue weighted by atomic mass is 127. The molecule has 0 aromatic heterocycles. The minimum Gasteiger partial charge on any atom is -1.00 e. The molecule has 2 fully saturated rings. The van der Waals surface area contributed by atoms with Crippen LogP contribution in [0.15, 0.2) is 47.2 Å². The molecule has 3 aliphatic heterocycles. The number of carbonyl (C=O) groups excluding carboxylic acids is 1. The monoisotopic (exact) mass is 490 g/mol. The second kappa shape index (κ2) is 7.28. The van der Waals surface area contributed by atoms with Crippen LogP contribution in [0.1, 0.15) is 51.5 Å². The van der Waals surface area contributed by atoms with Crippen LogP contribution < -0.4 is 29.3 Å². The number of para-hydroxylation sites is 1. The number of carbonyl (C=O) groups is 1. The maximum Gasteiger partial charge on any atom is 0.148 e. The first kappa shape index (κ1) is 20.1. The van der Waals surface area contributed by atoms with Crippen LogP contribution in [0.5, 0.6) is 0 Å². The summed E-state index contributed by atoms with van der Waals surface area (Å²) in [7, 11) is 0. The molecule has 0 amide bonds. The Balaban J connectivity index is 0.00000192. The van der Waals surface area contributed by atoms with Crippen molar-refractivity contribution in [1.29, 1.82) is 0 Å². The maximum absolute atomic E-state index is 12.2. The van der Waals surface area contributed by atoms with Gasteiger partial charge in [-0.2, -0.15) is 0 Å². The van der Waals surface area contributed by atoms with Gasteiger partial charge in [-0.15, -0.1) is 0 Å². The van der Waals surface area contributed by atoms with Crippen LogP contribution in [0.2, 0.25) is 0 Å². The van der Waals surface area contributed by atoms with Gasteiger partial charge in [0, 0.05) is 35.7 Å². The lowest BCUT2D eigenvalue weighted by Gasteiger charge is -2.53. The van der Waals surface area contributed by atoms with Crippen molar-refractivity contribution in [2.45, 2.75) is 57.4 Å². The van der Waals surface area contributed by atoms with Crippen molar-refractivity contribution in [2.75, 3.05) is 25.0 Å². The van der Waals surface area contributed by atoms with E-state index in [-0.39, 0.29) is 29.4 Å². The van der Waals surface area contributed by atoms with Crippen LogP contribution in [-0.4, -0.2) is 36.4 Å². The van der Waals surface area contributed by atoms with Gasteiger partial charge in [0.15, 0.2) is 0 Å². The first-order valence-electron chi connectivity index (χ1n) is 10.8. The number of piperidine rings is 1. The summed E-state index contributed by atoms with van der Waals surface area (Å²) in [5, 5.41) is 3.72. The maximum atomic E-state index is 12.2. The molecule has 2 bridgehead atoms. The number of unbranched alkanes of at least 4 members (excludes halogenated alkanes) is 2. The lowest BCUT2D eigenvalue weighted by molar-refractivity contribution is -0.941. The largest absolute Gasteiger partial charge is 1.00 e. The first-order valence-corrected chi connectivity index (χ1v) is 10.8. The summed E-state index contributed by atoms with van der Waals surface area (Å²) in [5.74, 6) is 0.318. The van der Waals surface area contributed by atoms with Crippen molar-refractivity contribution in [3.05, 3.63) is 52.7 Å². The minimum atomic E-state index is 0. The first-order chi connectivity index (χ1) is 13.2. The highest BCUT2D eigenvalue weighted by Gasteiger charge is 2.68. The molecule has 3 heterocycles. The zero-order valence-electron chi connectivity index (χ0n) is 17.0. The van der Waals surface area contributed by atoms with Gasteiger partial charge in [-0.1, -0.05) is 37.6 Å². The van der Waals surface area contributed by atoms with Gasteiger partial charge in [-0.3, -0.25) is 4.79 Å². The number of rotatable bonds is 5. The molecule has 4 aliphatic rings. The van der Waals surface area contributed by atoms with E-state index >= 15 is 0 Å². The van der Waals surface area contributed by atoms with Crippen molar-refractivity contribution >= 4 is 12.0 Å². The lowest BCUT2D eigenvalue weighted by Crippen LogP contribution is -3.00. The number of nitrogens with one attached hydrogen (secondary N) is 1. The fraction of sp³-hybridized carbons (Fsp3) is 0.542. The van der Waals surface area contributed by atoms with Gasteiger partial charge < -0.3 is 33.8 Å². The van der Waals surface area contributed by atoms with Crippen LogP contribution in [0.3, 0.4) is 0 Å². The molecule has 150 valence electrons. The molecule has 4 atom stereocenters. The van der Waals surface area contributed by atoms with Crippen molar-refractivity contribution < 1.29 is 33.3 Å². The number of halogens is 1. The Morgan fingerprint density at radius 3 is 2.86 bits per heavy atom. The Hall–Kier alpha value is -1.14. The van der Waals surface area contributed by atoms with Gasteiger partial charge >= 0.3 is 0 Å². The molecule has 28 heavy (non-hydrogen) atoms. The van der Waals surface area contributed by atoms with E-state index in [4.69, 9.17) is 0 Å². The lowest BCUT2D eigenvalue weighted by atomic mass is 9.61. The molecular weight excluding hydrogens is 459 g/mol. The number of fused-ring (bicyclic) bond motifs is 2. The van der Waals surface area contributed by atoms with Gasteiger partial charge in [-0.25, -0.2) is 0 Å². The summed E-state index contributed by atoms with van der Waals surface area (Å²) in [6, 6.07) is 9.41. The molecule has 5 rings (SSSR count). The molecule has 4 heteroatoms. The van der Waals surface area contributed by atoms with Crippen molar-refractivity contribution in [1.82, 2.24) is 0 Å². The van der Waals surface area contributed by atoms with E-state index in [0.29, 0.717) is 12.0 Å². The van der Waals surface area contributed by atoms with E-state index in [1.807, 2.05) is 0 Å². The predicted octanol–water partition coefficient (Wildman–Crippen LogP) is 1.57. The summed E-state index contributed by atoms with van der Waals surface area (Å²) >= 11 is 0. The van der Waals surface area contributed by atoms with Gasteiger partial charge in [0.2, 0.25) is 0 Å². The number of allylic oxidation sites excluding steroid dienone is 2. The van der Waals surface area contributed by atoms with E-state index in [1.54, 1.807) is 0 Å². The van der Waals surface area contributed by atoms with Crippen LogP contribution >= 0.6 is 0 Å². The molecule has 2 saturated heterocycles. The quantitative estimate of drug-likeness (QED) is 0.223. The molecule has 1 aromatic carbocycles. The summed E-state index contributed by atoms with van der Waals surface area (Å²) < 4.78 is 1.24. The number of hydrogen-bond acceptors (Lipinski definition) is 2. The number of hydrogen-bond donors (Lipinski definition) is 1. The SMILES string of the molecule is CC=C1C[N+]2(CCCCC)CCC34C(=C(C=O)C1CC32)Nc1ccccc14.[I-]. The average Bonchev–Trinajstić information content (AvgIpc) is 3.22. The Kier molecular flexibility index (Phi) is 5.24. The Bertz CT molecular complexity index is 860. The topological polar surface area (TPSA) is 29.1 Å². The molecular formula is C24H31IN2O. The minimum absolute atomic E-state index is 0. The number of benzene rings is 1. The number of nitrogens with zero attached hydrogens (tertiary/aromatic N) is 1. The second-order valence-electron chi connectivity index (χ2n) is 9.04. The highest BCUT2D eigenvalue weighted by molar-refractivity contribution is 5.84. The molecule has 1 aliphatic carbocycles. The van der Waals surface area contributed by atoms with Crippen LogP contribution in [0.4, 0.5) is 5.69 Å². The fourth-order valence-electron chi connectivity index (χ4n) is 6.91. The van der Waals surface area contributed by atoms with Crippen LogP contribution in [0, 0.1) is 5.92 Å². The van der Waals surface area contributed by atoms with E-state index in [9.17, 15) is 4.79 Å². The summed E-state index contributed by atoms with van der Waals surface area (Å²) in [5.41, 5.74) is 6.48. The average molecular weight is 490 g/mol. The zero-order valence-corrected chi connectivity index (χ0v) is 19.2. The third kappa shape index (κ3) is 2.46. The van der Waals surface area contributed by atoms with Crippen molar-refractivity contribution in [3.63, 3.8) is 0 Å². The summed E-state index contributed by atoms with van der Waals surface area (Å²) in [4.78, 5) is 12.2. The van der Waals surface area contributed by atoms with E-state index in [0.717, 1.165) is 24.8 Å². The Morgan fingerprint density at radius 1 is 1.29 bits per heavy atom. The molecule has 1 spiro atoms. The molecule has 4 unspecified atom stereocenters. The molecule has 0 saturated carbocycles. The van der Waals surface area contributed by atoms with Crippen molar-refractivity contribution in [2.24, 2.45) is 5.92 Å². The molecule has 1 N–H and O–H groups in total. The summed E-state index contributed by atoms with van der Waals surface area (Å²) in [6.45, 7) is 8.13. The number of quaternary nitrogens is 1. The molecule has 1 aromatic rings. The normalized spacial score (nSPS) is 35.9. The summed E-state index contributed by atoms with van der Waals surface area (Å²) in [6.07, 6.45) is 9.70. The van der Waals surface area contributed by atoms with Crippen LogP contribution in [-0.2, 0) is 10.2 Å². The number of anilines is 1. The standard InChI is InChI=1S/C24H30N2O.HI/c1-3-5-8-12-26-13-11-24-20-9-6-7-10-21(20)25-23(24)19(16-27)18(14-22(24)26)17(4-2)15-26;/h4,6-7,9-10,16,18,22H,3,5,8,11-15H2,1-2H3;1H. The molecule has 3 nitrogen and oxygen atoms in total. The van der Waals surface area contributed by atoms with E-state index in [1.165, 1.54) is 65.8 Å². The third-order valence-electron chi connectivity index (χ3n) is 8.07. The molecule has 0 radical (unpaired) electrons. The Labute approximate surface area is 185 Å². The Morgan fingerprint density at radius 2 is 2.11 bits per heavy atom. The fourth-order valence-corrected chi connectivity index (χ4v) is 6.91. The van der Waals surface area contributed by atoms with E-state index < -0.39 is 0 Å². The highest BCUT2D eigenvalue weighted by Crippen LogP contribution is 2.63. The van der Waals surface area contributed by atoms with Crippen LogP contribution in [0.25, 0.3) is 0 Å². The third-order valence-corrected chi connectivity index (χ3v) is 8.07. The van der Waals surface area contributed by atoms with Gasteiger partial charge in [0.25, 0.3) is 0 Å².